The van der Waals surface area contributed by atoms with E-state index in [0.717, 1.165) is 0 Å². The highest BCUT2D eigenvalue weighted by atomic mass is 35.5. The van der Waals surface area contributed by atoms with Gasteiger partial charge in [-0.25, -0.2) is 0 Å². The number of aliphatic carboxylic acids is 1. The molecule has 0 unspecified atom stereocenters. The topological polar surface area (TPSA) is 77.8 Å². The SMILES string of the molecule is CCC[C@]1(C(=O)O)CCN(C(=O)c2cccc(Cl)c2C)C[C@@H]1O. The Morgan fingerprint density at radius 1 is 1.43 bits per heavy atom. The zero-order valence-corrected chi connectivity index (χ0v) is 14.1. The molecule has 0 bridgehead atoms. The first-order valence-electron chi connectivity index (χ1n) is 7.79. The Hall–Kier alpha value is -1.59. The van der Waals surface area contributed by atoms with Gasteiger partial charge in [0.2, 0.25) is 0 Å². The molecule has 1 aromatic carbocycles. The van der Waals surface area contributed by atoms with E-state index in [1.54, 1.807) is 25.1 Å². The van der Waals surface area contributed by atoms with Crippen molar-refractivity contribution in [3.63, 3.8) is 0 Å². The van der Waals surface area contributed by atoms with Crippen molar-refractivity contribution in [1.82, 2.24) is 4.90 Å². The lowest BCUT2D eigenvalue weighted by Gasteiger charge is -2.42. The second-order valence-electron chi connectivity index (χ2n) is 6.14. The quantitative estimate of drug-likeness (QED) is 0.884. The Morgan fingerprint density at radius 3 is 2.70 bits per heavy atom. The number of amides is 1. The summed E-state index contributed by atoms with van der Waals surface area (Å²) >= 11 is 6.06. The van der Waals surface area contributed by atoms with Crippen LogP contribution in [-0.4, -0.2) is 46.2 Å². The van der Waals surface area contributed by atoms with E-state index in [9.17, 15) is 19.8 Å². The lowest BCUT2D eigenvalue weighted by Crippen LogP contribution is -2.56. The van der Waals surface area contributed by atoms with Gasteiger partial charge >= 0.3 is 5.97 Å². The van der Waals surface area contributed by atoms with Gasteiger partial charge in [-0.2, -0.15) is 0 Å². The summed E-state index contributed by atoms with van der Waals surface area (Å²) in [6, 6.07) is 5.12. The number of carbonyl (C=O) groups excluding carboxylic acids is 1. The highest BCUT2D eigenvalue weighted by molar-refractivity contribution is 6.31. The van der Waals surface area contributed by atoms with Crippen molar-refractivity contribution >= 4 is 23.5 Å². The van der Waals surface area contributed by atoms with Crippen LogP contribution in [0.1, 0.15) is 42.1 Å². The molecule has 0 aromatic heterocycles. The lowest BCUT2D eigenvalue weighted by atomic mass is 9.72. The Balaban J connectivity index is 2.21. The predicted molar refractivity (Wildman–Crippen MR) is 87.7 cm³/mol. The molecule has 1 amide bonds. The zero-order valence-electron chi connectivity index (χ0n) is 13.4. The molecule has 6 heteroatoms. The number of halogens is 1. The molecule has 0 saturated carbocycles. The van der Waals surface area contributed by atoms with E-state index in [-0.39, 0.29) is 18.9 Å². The van der Waals surface area contributed by atoms with Crippen LogP contribution in [0.4, 0.5) is 0 Å². The van der Waals surface area contributed by atoms with Crippen molar-refractivity contribution in [1.29, 1.82) is 0 Å². The number of β-amino-alcohol motifs (C(OH)–C–C–N with tert-alkyl or cyclic N) is 1. The minimum absolute atomic E-state index is 0.0249. The maximum absolute atomic E-state index is 12.7. The number of aliphatic hydroxyl groups excluding tert-OH is 1. The number of nitrogens with zero attached hydrogens (tertiary/aromatic N) is 1. The van der Waals surface area contributed by atoms with Gasteiger partial charge in [0.15, 0.2) is 0 Å². The lowest BCUT2D eigenvalue weighted by molar-refractivity contribution is -0.162. The molecule has 2 N–H and O–H groups in total. The van der Waals surface area contributed by atoms with E-state index in [0.29, 0.717) is 35.5 Å². The molecular weight excluding hydrogens is 318 g/mol. The summed E-state index contributed by atoms with van der Waals surface area (Å²) in [6.07, 6.45) is 0.256. The molecular formula is C17H22ClNO4. The van der Waals surface area contributed by atoms with Crippen LogP contribution in [-0.2, 0) is 4.79 Å². The van der Waals surface area contributed by atoms with Crippen molar-refractivity contribution in [2.24, 2.45) is 5.41 Å². The number of rotatable bonds is 4. The Bertz CT molecular complexity index is 619. The van der Waals surface area contributed by atoms with Gasteiger partial charge in [0.25, 0.3) is 5.91 Å². The predicted octanol–water partition coefficient (Wildman–Crippen LogP) is 2.73. The fourth-order valence-corrected chi connectivity index (χ4v) is 3.44. The largest absolute Gasteiger partial charge is 0.481 e. The number of carboxylic acid groups (broad SMARTS) is 1. The molecule has 2 rings (SSSR count). The molecule has 0 aliphatic carbocycles. The summed E-state index contributed by atoms with van der Waals surface area (Å²) in [6.45, 7) is 4.00. The Kier molecular flexibility index (Phi) is 5.32. The Labute approximate surface area is 140 Å². The van der Waals surface area contributed by atoms with Gasteiger partial charge in [-0.1, -0.05) is 31.0 Å². The molecule has 23 heavy (non-hydrogen) atoms. The fraction of sp³-hybridized carbons (Fsp3) is 0.529. The van der Waals surface area contributed by atoms with Crippen LogP contribution >= 0.6 is 11.6 Å². The molecule has 0 radical (unpaired) electrons. The van der Waals surface area contributed by atoms with Gasteiger partial charge in [0.1, 0.15) is 0 Å². The van der Waals surface area contributed by atoms with Crippen LogP contribution in [0.2, 0.25) is 5.02 Å². The standard InChI is InChI=1S/C17H22ClNO4/c1-3-7-17(16(22)23)8-9-19(10-14(17)20)15(21)12-5-4-6-13(18)11(12)2/h4-6,14,20H,3,7-10H2,1-2H3,(H,22,23)/t14-,17-/m0/s1. The van der Waals surface area contributed by atoms with E-state index in [4.69, 9.17) is 11.6 Å². The van der Waals surface area contributed by atoms with E-state index in [1.165, 1.54) is 4.90 Å². The van der Waals surface area contributed by atoms with Crippen molar-refractivity contribution < 1.29 is 19.8 Å². The summed E-state index contributed by atoms with van der Waals surface area (Å²) in [7, 11) is 0. The maximum Gasteiger partial charge on any atom is 0.312 e. The average molecular weight is 340 g/mol. The summed E-state index contributed by atoms with van der Waals surface area (Å²) in [4.78, 5) is 25.8. The minimum atomic E-state index is -1.16. The van der Waals surface area contributed by atoms with Crippen LogP contribution in [0, 0.1) is 12.3 Å². The monoisotopic (exact) mass is 339 g/mol. The second-order valence-corrected chi connectivity index (χ2v) is 6.55. The first-order valence-corrected chi connectivity index (χ1v) is 8.17. The molecule has 1 fully saturated rings. The van der Waals surface area contributed by atoms with E-state index < -0.39 is 17.5 Å². The number of hydrogen-bond acceptors (Lipinski definition) is 3. The summed E-state index contributed by atoms with van der Waals surface area (Å²) in [5.74, 6) is -1.21. The molecule has 126 valence electrons. The van der Waals surface area contributed by atoms with Gasteiger partial charge in [0.05, 0.1) is 11.5 Å². The van der Waals surface area contributed by atoms with Crippen LogP contribution < -0.4 is 0 Å². The zero-order chi connectivity index (χ0) is 17.2. The molecule has 1 aliphatic heterocycles. The van der Waals surface area contributed by atoms with Crippen molar-refractivity contribution in [2.45, 2.75) is 39.2 Å². The van der Waals surface area contributed by atoms with Gasteiger partial charge in [-0.3, -0.25) is 9.59 Å². The molecule has 1 aliphatic rings. The molecule has 0 spiro atoms. The third-order valence-electron chi connectivity index (χ3n) is 4.77. The number of piperidine rings is 1. The summed E-state index contributed by atoms with van der Waals surface area (Å²) in [5.41, 5.74) is 0.0230. The number of carbonyl (C=O) groups is 2. The van der Waals surface area contributed by atoms with Crippen LogP contribution in [0.5, 0.6) is 0 Å². The van der Waals surface area contributed by atoms with E-state index in [2.05, 4.69) is 0 Å². The molecule has 1 saturated heterocycles. The van der Waals surface area contributed by atoms with Crippen molar-refractivity contribution in [3.05, 3.63) is 34.3 Å². The maximum atomic E-state index is 12.7. The van der Waals surface area contributed by atoms with Gasteiger partial charge in [-0.05, 0) is 37.5 Å². The van der Waals surface area contributed by atoms with Crippen LogP contribution in [0.15, 0.2) is 18.2 Å². The van der Waals surface area contributed by atoms with E-state index >= 15 is 0 Å². The smallest absolute Gasteiger partial charge is 0.312 e. The van der Waals surface area contributed by atoms with Crippen molar-refractivity contribution in [3.8, 4) is 0 Å². The first kappa shape index (κ1) is 17.8. The number of likely N-dealkylation sites (tertiary alicyclic amines) is 1. The molecule has 1 heterocycles. The highest BCUT2D eigenvalue weighted by Crippen LogP contribution is 2.37. The minimum Gasteiger partial charge on any atom is -0.481 e. The number of aliphatic hydroxyl groups is 1. The first-order chi connectivity index (χ1) is 10.8. The number of hydrogen-bond donors (Lipinski definition) is 2. The van der Waals surface area contributed by atoms with Crippen molar-refractivity contribution in [2.75, 3.05) is 13.1 Å². The highest BCUT2D eigenvalue weighted by Gasteiger charge is 2.48. The van der Waals surface area contributed by atoms with Gasteiger partial charge in [-0.15, -0.1) is 0 Å². The number of benzene rings is 1. The second kappa shape index (κ2) is 6.89. The third-order valence-corrected chi connectivity index (χ3v) is 5.18. The molecule has 5 nitrogen and oxygen atoms in total. The van der Waals surface area contributed by atoms with Gasteiger partial charge in [0, 0.05) is 23.7 Å². The van der Waals surface area contributed by atoms with Crippen LogP contribution in [0.3, 0.4) is 0 Å². The Morgan fingerprint density at radius 2 is 2.13 bits per heavy atom. The molecule has 1 aromatic rings. The fourth-order valence-electron chi connectivity index (χ4n) is 3.26. The summed E-state index contributed by atoms with van der Waals surface area (Å²) < 4.78 is 0. The average Bonchev–Trinajstić information content (AvgIpc) is 2.51. The van der Waals surface area contributed by atoms with Gasteiger partial charge < -0.3 is 15.1 Å². The number of carboxylic acids is 1. The summed E-state index contributed by atoms with van der Waals surface area (Å²) in [5, 5.41) is 20.5. The van der Waals surface area contributed by atoms with Crippen LogP contribution in [0.25, 0.3) is 0 Å². The van der Waals surface area contributed by atoms with E-state index in [1.807, 2.05) is 6.92 Å². The normalized spacial score (nSPS) is 24.5. The molecule has 2 atom stereocenters. The third kappa shape index (κ3) is 3.21.